The minimum absolute atomic E-state index is 0.201. The smallest absolute Gasteiger partial charge is 0.261 e. The third-order valence-corrected chi connectivity index (χ3v) is 4.08. The fourth-order valence-electron chi connectivity index (χ4n) is 1.58. The first-order valence-corrected chi connectivity index (χ1v) is 7.71. The fraction of sp³-hybridized carbons (Fsp3) is 0.143. The molecule has 2 rings (SSSR count). The monoisotopic (exact) mass is 342 g/mol. The van der Waals surface area contributed by atoms with Gasteiger partial charge in [-0.05, 0) is 36.4 Å². The van der Waals surface area contributed by atoms with Crippen LogP contribution in [0.15, 0.2) is 36.4 Å². The van der Waals surface area contributed by atoms with E-state index in [9.17, 15) is 9.59 Å². The highest BCUT2D eigenvalue weighted by atomic mass is 35.5. The predicted molar refractivity (Wildman–Crippen MR) is 85.4 cm³/mol. The van der Waals surface area contributed by atoms with Crippen molar-refractivity contribution in [3.63, 3.8) is 0 Å². The van der Waals surface area contributed by atoms with Crippen LogP contribution >= 0.6 is 34.5 Å². The number of hydrogen-bond donors (Lipinski definition) is 2. The second-order valence-electron chi connectivity index (χ2n) is 4.12. The molecular weight excluding hydrogens is 331 g/mol. The molecule has 0 bridgehead atoms. The van der Waals surface area contributed by atoms with Crippen molar-refractivity contribution in [2.75, 3.05) is 13.1 Å². The minimum atomic E-state index is -0.208. The van der Waals surface area contributed by atoms with Gasteiger partial charge in [0.15, 0.2) is 0 Å². The maximum Gasteiger partial charge on any atom is 0.261 e. The van der Waals surface area contributed by atoms with Crippen molar-refractivity contribution < 1.29 is 9.59 Å². The van der Waals surface area contributed by atoms with Crippen molar-refractivity contribution in [1.29, 1.82) is 0 Å². The maximum atomic E-state index is 11.8. The van der Waals surface area contributed by atoms with Gasteiger partial charge in [-0.2, -0.15) is 0 Å². The Morgan fingerprint density at radius 1 is 0.905 bits per heavy atom. The summed E-state index contributed by atoms with van der Waals surface area (Å²) in [5.41, 5.74) is 0.524. The van der Waals surface area contributed by atoms with Crippen molar-refractivity contribution in [2.24, 2.45) is 0 Å². The number of carbonyl (C=O) groups excluding carboxylic acids is 2. The van der Waals surface area contributed by atoms with Crippen LogP contribution in [0, 0.1) is 0 Å². The Labute approximate surface area is 136 Å². The van der Waals surface area contributed by atoms with E-state index in [-0.39, 0.29) is 11.8 Å². The van der Waals surface area contributed by atoms with Crippen molar-refractivity contribution in [3.8, 4) is 0 Å². The number of amides is 2. The van der Waals surface area contributed by atoms with Gasteiger partial charge in [-0.25, -0.2) is 0 Å². The molecule has 4 nitrogen and oxygen atoms in total. The molecule has 7 heteroatoms. The first-order valence-electron chi connectivity index (χ1n) is 6.13. The molecule has 21 heavy (non-hydrogen) atoms. The lowest BCUT2D eigenvalue weighted by molar-refractivity contribution is 0.0929. The quantitative estimate of drug-likeness (QED) is 0.819. The number of benzene rings is 1. The Morgan fingerprint density at radius 2 is 1.52 bits per heavy atom. The lowest BCUT2D eigenvalue weighted by Gasteiger charge is -2.06. The molecule has 0 atom stereocenters. The number of carbonyl (C=O) groups is 2. The summed E-state index contributed by atoms with van der Waals surface area (Å²) in [7, 11) is 0. The van der Waals surface area contributed by atoms with Gasteiger partial charge in [0.25, 0.3) is 11.8 Å². The van der Waals surface area contributed by atoms with E-state index in [1.54, 1.807) is 36.4 Å². The summed E-state index contributed by atoms with van der Waals surface area (Å²) in [6, 6.07) is 9.92. The van der Waals surface area contributed by atoms with Crippen LogP contribution in [0.3, 0.4) is 0 Å². The second-order valence-corrected chi connectivity index (χ2v) is 6.27. The first kappa shape index (κ1) is 15.8. The zero-order chi connectivity index (χ0) is 15.2. The highest BCUT2D eigenvalue weighted by molar-refractivity contribution is 7.17. The molecule has 0 aliphatic heterocycles. The zero-order valence-electron chi connectivity index (χ0n) is 10.9. The van der Waals surface area contributed by atoms with E-state index in [0.717, 1.165) is 0 Å². The summed E-state index contributed by atoms with van der Waals surface area (Å²) in [4.78, 5) is 24.1. The molecule has 0 aliphatic rings. The molecule has 2 N–H and O–H groups in total. The summed E-state index contributed by atoms with van der Waals surface area (Å²) in [5, 5.41) is 5.99. The Kier molecular flexibility index (Phi) is 5.61. The molecule has 0 aliphatic carbocycles. The van der Waals surface area contributed by atoms with Gasteiger partial charge < -0.3 is 10.6 Å². The van der Waals surface area contributed by atoms with Gasteiger partial charge in [0, 0.05) is 23.7 Å². The van der Waals surface area contributed by atoms with E-state index in [4.69, 9.17) is 23.2 Å². The summed E-state index contributed by atoms with van der Waals surface area (Å²) in [6.07, 6.45) is 0. The summed E-state index contributed by atoms with van der Waals surface area (Å²) in [5.74, 6) is -0.410. The van der Waals surface area contributed by atoms with Crippen molar-refractivity contribution >= 4 is 46.4 Å². The number of halogens is 2. The maximum absolute atomic E-state index is 11.8. The number of thiophene rings is 1. The molecule has 1 heterocycles. The SMILES string of the molecule is O=C(NCCNC(=O)c1ccc(Cl)s1)c1ccc(Cl)cc1. The molecule has 0 saturated heterocycles. The molecule has 2 aromatic rings. The highest BCUT2D eigenvalue weighted by Crippen LogP contribution is 2.20. The van der Waals surface area contributed by atoms with E-state index in [1.807, 2.05) is 0 Å². The molecule has 1 aromatic carbocycles. The van der Waals surface area contributed by atoms with E-state index in [0.29, 0.717) is 32.9 Å². The van der Waals surface area contributed by atoms with Crippen molar-refractivity contribution in [1.82, 2.24) is 10.6 Å². The van der Waals surface area contributed by atoms with Crippen LogP contribution in [0.2, 0.25) is 9.36 Å². The summed E-state index contributed by atoms with van der Waals surface area (Å²) >= 11 is 12.7. The second kappa shape index (κ2) is 7.45. The van der Waals surface area contributed by atoms with Crippen molar-refractivity contribution in [3.05, 3.63) is 56.2 Å². The molecule has 0 unspecified atom stereocenters. The van der Waals surface area contributed by atoms with Crippen LogP contribution in [0.25, 0.3) is 0 Å². The first-order chi connectivity index (χ1) is 10.1. The van der Waals surface area contributed by atoms with Gasteiger partial charge in [-0.3, -0.25) is 9.59 Å². The molecule has 0 spiro atoms. The van der Waals surface area contributed by atoms with Gasteiger partial charge in [-0.1, -0.05) is 23.2 Å². The molecule has 2 amide bonds. The third kappa shape index (κ3) is 4.74. The van der Waals surface area contributed by atoms with Crippen LogP contribution in [0.4, 0.5) is 0 Å². The lowest BCUT2D eigenvalue weighted by Crippen LogP contribution is -2.34. The van der Waals surface area contributed by atoms with E-state index in [2.05, 4.69) is 10.6 Å². The average molecular weight is 343 g/mol. The predicted octanol–water partition coefficient (Wildman–Crippen LogP) is 3.21. The van der Waals surface area contributed by atoms with Crippen LogP contribution in [0.5, 0.6) is 0 Å². The van der Waals surface area contributed by atoms with Gasteiger partial charge in [-0.15, -0.1) is 11.3 Å². The van der Waals surface area contributed by atoms with Gasteiger partial charge in [0.2, 0.25) is 0 Å². The third-order valence-electron chi connectivity index (χ3n) is 2.60. The van der Waals surface area contributed by atoms with E-state index < -0.39 is 0 Å². The number of hydrogen-bond acceptors (Lipinski definition) is 3. The van der Waals surface area contributed by atoms with Crippen LogP contribution in [-0.4, -0.2) is 24.9 Å². The van der Waals surface area contributed by atoms with Crippen LogP contribution in [-0.2, 0) is 0 Å². The molecule has 0 fully saturated rings. The lowest BCUT2D eigenvalue weighted by atomic mass is 10.2. The van der Waals surface area contributed by atoms with E-state index >= 15 is 0 Å². The fourth-order valence-corrected chi connectivity index (χ4v) is 2.66. The standard InChI is InChI=1S/C14H12Cl2N2O2S/c15-10-3-1-9(2-4-10)13(19)17-7-8-18-14(20)11-5-6-12(16)21-11/h1-6H,7-8H2,(H,17,19)(H,18,20). The summed E-state index contributed by atoms with van der Waals surface area (Å²) < 4.78 is 0.566. The van der Waals surface area contributed by atoms with Crippen LogP contribution < -0.4 is 10.6 Å². The Morgan fingerprint density at radius 3 is 2.10 bits per heavy atom. The highest BCUT2D eigenvalue weighted by Gasteiger charge is 2.08. The Balaban J connectivity index is 1.73. The number of rotatable bonds is 5. The molecule has 0 radical (unpaired) electrons. The van der Waals surface area contributed by atoms with Gasteiger partial charge >= 0.3 is 0 Å². The molecule has 110 valence electrons. The van der Waals surface area contributed by atoms with Gasteiger partial charge in [0.1, 0.15) is 0 Å². The minimum Gasteiger partial charge on any atom is -0.350 e. The topological polar surface area (TPSA) is 58.2 Å². The normalized spacial score (nSPS) is 10.2. The number of nitrogens with one attached hydrogen (secondary N) is 2. The van der Waals surface area contributed by atoms with E-state index in [1.165, 1.54) is 11.3 Å². The summed E-state index contributed by atoms with van der Waals surface area (Å²) in [6.45, 7) is 0.681. The Bertz CT molecular complexity index is 641. The molecule has 0 saturated carbocycles. The zero-order valence-corrected chi connectivity index (χ0v) is 13.2. The van der Waals surface area contributed by atoms with Crippen LogP contribution in [0.1, 0.15) is 20.0 Å². The van der Waals surface area contributed by atoms with Crippen molar-refractivity contribution in [2.45, 2.75) is 0 Å². The largest absolute Gasteiger partial charge is 0.350 e. The molecule has 1 aromatic heterocycles. The average Bonchev–Trinajstić information content (AvgIpc) is 2.90. The Hall–Kier alpha value is -1.56. The van der Waals surface area contributed by atoms with Gasteiger partial charge in [0.05, 0.1) is 9.21 Å². The molecular formula is C14H12Cl2N2O2S.